The Morgan fingerprint density at radius 3 is 2.36 bits per heavy atom. The molecule has 0 aromatic heterocycles. The standard InChI is InChI=1S/C9H13N3.C2H6/c1-6(10)8-4-3-7(11)5-9(8)12-2;1-2/h3-5,10,12H,11H2,1-2H3;1-2H3. The summed E-state index contributed by atoms with van der Waals surface area (Å²) in [5.41, 5.74) is 8.65. The molecule has 1 aromatic carbocycles. The van der Waals surface area contributed by atoms with Crippen LogP contribution in [0.25, 0.3) is 0 Å². The highest BCUT2D eigenvalue weighted by Crippen LogP contribution is 2.18. The van der Waals surface area contributed by atoms with Gasteiger partial charge in [0, 0.05) is 29.7 Å². The van der Waals surface area contributed by atoms with Crippen LogP contribution >= 0.6 is 0 Å². The third-order valence-electron chi connectivity index (χ3n) is 1.72. The fourth-order valence-corrected chi connectivity index (χ4v) is 1.10. The lowest BCUT2D eigenvalue weighted by atomic mass is 10.1. The molecule has 0 radical (unpaired) electrons. The van der Waals surface area contributed by atoms with Gasteiger partial charge in [0.05, 0.1) is 0 Å². The number of nitrogens with two attached hydrogens (primary N) is 1. The van der Waals surface area contributed by atoms with E-state index in [0.29, 0.717) is 11.4 Å². The first-order chi connectivity index (χ1) is 6.65. The summed E-state index contributed by atoms with van der Waals surface area (Å²) >= 11 is 0. The van der Waals surface area contributed by atoms with Crippen molar-refractivity contribution in [2.24, 2.45) is 0 Å². The van der Waals surface area contributed by atoms with Gasteiger partial charge < -0.3 is 16.5 Å². The van der Waals surface area contributed by atoms with E-state index in [1.165, 1.54) is 0 Å². The second-order valence-corrected chi connectivity index (χ2v) is 2.68. The Labute approximate surface area is 85.8 Å². The van der Waals surface area contributed by atoms with E-state index in [1.54, 1.807) is 13.0 Å². The van der Waals surface area contributed by atoms with Crippen LogP contribution in [0.5, 0.6) is 0 Å². The number of nitrogens with one attached hydrogen (secondary N) is 2. The molecular weight excluding hydrogens is 174 g/mol. The summed E-state index contributed by atoms with van der Waals surface area (Å²) in [6.45, 7) is 5.76. The molecular formula is C11H19N3. The maximum atomic E-state index is 7.47. The molecule has 0 aliphatic rings. The van der Waals surface area contributed by atoms with Gasteiger partial charge in [-0.1, -0.05) is 13.8 Å². The van der Waals surface area contributed by atoms with E-state index in [-0.39, 0.29) is 0 Å². The molecule has 0 bridgehead atoms. The monoisotopic (exact) mass is 193 g/mol. The third kappa shape index (κ3) is 3.09. The average molecular weight is 193 g/mol. The second-order valence-electron chi connectivity index (χ2n) is 2.68. The van der Waals surface area contributed by atoms with Crippen LogP contribution in [0.3, 0.4) is 0 Å². The zero-order valence-electron chi connectivity index (χ0n) is 9.31. The number of rotatable bonds is 2. The van der Waals surface area contributed by atoms with E-state index in [2.05, 4.69) is 5.32 Å². The topological polar surface area (TPSA) is 61.9 Å². The normalized spacial score (nSPS) is 8.57. The molecule has 1 aromatic rings. The number of hydrogen-bond acceptors (Lipinski definition) is 3. The summed E-state index contributed by atoms with van der Waals surface area (Å²) in [4.78, 5) is 0. The maximum Gasteiger partial charge on any atom is 0.0449 e. The van der Waals surface area contributed by atoms with Gasteiger partial charge in [-0.2, -0.15) is 0 Å². The smallest absolute Gasteiger partial charge is 0.0449 e. The van der Waals surface area contributed by atoms with Gasteiger partial charge in [0.1, 0.15) is 0 Å². The molecule has 1 rings (SSSR count). The van der Waals surface area contributed by atoms with Crippen LogP contribution in [0.15, 0.2) is 18.2 Å². The van der Waals surface area contributed by atoms with Gasteiger partial charge in [-0.05, 0) is 25.1 Å². The van der Waals surface area contributed by atoms with Crippen molar-refractivity contribution in [3.8, 4) is 0 Å². The van der Waals surface area contributed by atoms with Crippen LogP contribution in [0, 0.1) is 5.41 Å². The number of nitrogen functional groups attached to an aromatic ring is 1. The molecule has 0 fully saturated rings. The van der Waals surface area contributed by atoms with Gasteiger partial charge >= 0.3 is 0 Å². The van der Waals surface area contributed by atoms with E-state index < -0.39 is 0 Å². The van der Waals surface area contributed by atoms with Crippen molar-refractivity contribution in [3.63, 3.8) is 0 Å². The molecule has 0 unspecified atom stereocenters. The first-order valence-electron chi connectivity index (χ1n) is 4.78. The lowest BCUT2D eigenvalue weighted by Crippen LogP contribution is -2.01. The fraction of sp³-hybridized carbons (Fsp3) is 0.364. The minimum atomic E-state index is 0.541. The molecule has 0 heterocycles. The fourth-order valence-electron chi connectivity index (χ4n) is 1.10. The Morgan fingerprint density at radius 1 is 1.36 bits per heavy atom. The van der Waals surface area contributed by atoms with Crippen LogP contribution in [0.1, 0.15) is 26.3 Å². The molecule has 0 saturated heterocycles. The van der Waals surface area contributed by atoms with Gasteiger partial charge in [-0.3, -0.25) is 0 Å². The molecule has 14 heavy (non-hydrogen) atoms. The Hall–Kier alpha value is -1.51. The summed E-state index contributed by atoms with van der Waals surface area (Å²) in [5, 5.41) is 10.5. The van der Waals surface area contributed by atoms with Crippen LogP contribution in [0.2, 0.25) is 0 Å². The predicted octanol–water partition coefficient (Wildman–Crippen LogP) is 2.72. The number of hydrogen-bond donors (Lipinski definition) is 3. The Morgan fingerprint density at radius 2 is 1.93 bits per heavy atom. The molecule has 3 nitrogen and oxygen atoms in total. The van der Waals surface area contributed by atoms with E-state index in [9.17, 15) is 0 Å². The summed E-state index contributed by atoms with van der Waals surface area (Å²) < 4.78 is 0. The van der Waals surface area contributed by atoms with Gasteiger partial charge in [-0.15, -0.1) is 0 Å². The van der Waals surface area contributed by atoms with Crippen molar-refractivity contribution in [1.82, 2.24) is 0 Å². The molecule has 4 N–H and O–H groups in total. The zero-order chi connectivity index (χ0) is 11.1. The van der Waals surface area contributed by atoms with Crippen LogP contribution in [-0.2, 0) is 0 Å². The van der Waals surface area contributed by atoms with E-state index in [4.69, 9.17) is 11.1 Å². The number of benzene rings is 1. The quantitative estimate of drug-likeness (QED) is 0.499. The van der Waals surface area contributed by atoms with E-state index in [1.807, 2.05) is 33.0 Å². The first-order valence-corrected chi connectivity index (χ1v) is 4.78. The highest BCUT2D eigenvalue weighted by atomic mass is 14.8. The first kappa shape index (κ1) is 12.5. The predicted molar refractivity (Wildman–Crippen MR) is 64.3 cm³/mol. The van der Waals surface area contributed by atoms with Crippen molar-refractivity contribution in [2.75, 3.05) is 18.1 Å². The van der Waals surface area contributed by atoms with Crippen molar-refractivity contribution >= 4 is 17.1 Å². The van der Waals surface area contributed by atoms with Crippen LogP contribution < -0.4 is 11.1 Å². The highest BCUT2D eigenvalue weighted by molar-refractivity contribution is 6.01. The molecule has 0 atom stereocenters. The molecule has 0 saturated carbocycles. The SMILES string of the molecule is CC.CNc1cc(N)ccc1C(C)=N. The van der Waals surface area contributed by atoms with Crippen molar-refractivity contribution in [3.05, 3.63) is 23.8 Å². The zero-order valence-corrected chi connectivity index (χ0v) is 9.31. The lowest BCUT2D eigenvalue weighted by molar-refractivity contribution is 1.42. The third-order valence-corrected chi connectivity index (χ3v) is 1.72. The maximum absolute atomic E-state index is 7.47. The van der Waals surface area contributed by atoms with Gasteiger partial charge in [0.2, 0.25) is 0 Å². The van der Waals surface area contributed by atoms with Crippen molar-refractivity contribution < 1.29 is 0 Å². The van der Waals surface area contributed by atoms with Crippen molar-refractivity contribution in [2.45, 2.75) is 20.8 Å². The minimum absolute atomic E-state index is 0.541. The van der Waals surface area contributed by atoms with Gasteiger partial charge in [0.15, 0.2) is 0 Å². The molecule has 0 aliphatic carbocycles. The minimum Gasteiger partial charge on any atom is -0.399 e. The molecule has 78 valence electrons. The molecule has 3 heteroatoms. The van der Waals surface area contributed by atoms with Gasteiger partial charge in [-0.25, -0.2) is 0 Å². The second kappa shape index (κ2) is 6.02. The Balaban J connectivity index is 0.000000791. The summed E-state index contributed by atoms with van der Waals surface area (Å²) in [6, 6.07) is 5.48. The molecule has 0 aliphatic heterocycles. The molecule has 0 spiro atoms. The van der Waals surface area contributed by atoms with Crippen molar-refractivity contribution in [1.29, 1.82) is 5.41 Å². The summed E-state index contributed by atoms with van der Waals surface area (Å²) in [5.74, 6) is 0. The Bertz CT molecular complexity index is 305. The average Bonchev–Trinajstić information content (AvgIpc) is 2.20. The summed E-state index contributed by atoms with van der Waals surface area (Å²) in [6.07, 6.45) is 0. The van der Waals surface area contributed by atoms with E-state index in [0.717, 1.165) is 11.3 Å². The molecule has 0 amide bonds. The number of anilines is 2. The Kier molecular flexibility index (Phi) is 5.37. The summed E-state index contributed by atoms with van der Waals surface area (Å²) in [7, 11) is 1.82. The van der Waals surface area contributed by atoms with Crippen LogP contribution in [-0.4, -0.2) is 12.8 Å². The lowest BCUT2D eigenvalue weighted by Gasteiger charge is -2.07. The largest absolute Gasteiger partial charge is 0.399 e. The highest BCUT2D eigenvalue weighted by Gasteiger charge is 2.02. The van der Waals surface area contributed by atoms with Gasteiger partial charge in [0.25, 0.3) is 0 Å². The van der Waals surface area contributed by atoms with Crippen LogP contribution in [0.4, 0.5) is 11.4 Å². The van der Waals surface area contributed by atoms with E-state index >= 15 is 0 Å².